The molecule has 1 fully saturated rings. The number of amides is 1. The Morgan fingerprint density at radius 2 is 1.77 bits per heavy atom. The number of thioether (sulfide) groups is 1. The molecule has 2 aromatic carbocycles. The van der Waals surface area contributed by atoms with Crippen LogP contribution in [0.15, 0.2) is 48.5 Å². The summed E-state index contributed by atoms with van der Waals surface area (Å²) in [7, 11) is 1.68. The molecule has 0 saturated carbocycles. The van der Waals surface area contributed by atoms with Gasteiger partial charge in [-0.15, -0.1) is 11.8 Å². The molecule has 0 N–H and O–H groups in total. The van der Waals surface area contributed by atoms with Crippen molar-refractivity contribution in [3.63, 3.8) is 0 Å². The summed E-state index contributed by atoms with van der Waals surface area (Å²) in [6, 6.07) is 14.4. The lowest BCUT2D eigenvalue weighted by molar-refractivity contribution is -0.128. The second-order valence-electron chi connectivity index (χ2n) is 6.16. The van der Waals surface area contributed by atoms with Crippen LogP contribution in [0.25, 0.3) is 0 Å². The molecule has 26 heavy (non-hydrogen) atoms. The Morgan fingerprint density at radius 1 is 1.08 bits per heavy atom. The first-order chi connectivity index (χ1) is 12.7. The number of para-hydroxylation sites is 2. The summed E-state index contributed by atoms with van der Waals surface area (Å²) in [5.74, 6) is 1.96. The van der Waals surface area contributed by atoms with Crippen molar-refractivity contribution in [3.05, 3.63) is 59.9 Å². The summed E-state index contributed by atoms with van der Waals surface area (Å²) in [5, 5.41) is 0. The van der Waals surface area contributed by atoms with Crippen LogP contribution in [-0.2, 0) is 10.5 Å². The second kappa shape index (κ2) is 8.94. The Morgan fingerprint density at radius 3 is 2.46 bits per heavy atom. The number of rotatable bonds is 6. The minimum Gasteiger partial charge on any atom is -0.495 e. The Kier molecular flexibility index (Phi) is 6.39. The highest BCUT2D eigenvalue weighted by Gasteiger charge is 2.22. The van der Waals surface area contributed by atoms with Crippen LogP contribution < -0.4 is 9.64 Å². The van der Waals surface area contributed by atoms with Crippen molar-refractivity contribution in [1.82, 2.24) is 4.90 Å². The molecular formula is C20H23FN2O2S. The van der Waals surface area contributed by atoms with Crippen LogP contribution in [0.3, 0.4) is 0 Å². The third kappa shape index (κ3) is 4.69. The van der Waals surface area contributed by atoms with Gasteiger partial charge in [0, 0.05) is 31.9 Å². The maximum Gasteiger partial charge on any atom is 0.232 e. The fourth-order valence-corrected chi connectivity index (χ4v) is 3.90. The molecule has 0 aliphatic carbocycles. The van der Waals surface area contributed by atoms with Crippen molar-refractivity contribution in [1.29, 1.82) is 0 Å². The van der Waals surface area contributed by atoms with Crippen molar-refractivity contribution in [3.8, 4) is 5.75 Å². The fourth-order valence-electron chi connectivity index (χ4n) is 3.02. The maximum atomic E-state index is 12.9. The molecule has 1 aliphatic heterocycles. The zero-order valence-corrected chi connectivity index (χ0v) is 15.7. The van der Waals surface area contributed by atoms with E-state index in [0.717, 1.165) is 30.1 Å². The Balaban J connectivity index is 1.45. The van der Waals surface area contributed by atoms with E-state index in [1.807, 2.05) is 23.1 Å². The van der Waals surface area contributed by atoms with Gasteiger partial charge < -0.3 is 14.5 Å². The van der Waals surface area contributed by atoms with Crippen LogP contribution in [0.5, 0.6) is 5.75 Å². The average Bonchev–Trinajstić information content (AvgIpc) is 2.69. The summed E-state index contributed by atoms with van der Waals surface area (Å²) in [5.41, 5.74) is 2.11. The van der Waals surface area contributed by atoms with E-state index in [-0.39, 0.29) is 11.7 Å². The first-order valence-electron chi connectivity index (χ1n) is 8.65. The lowest BCUT2D eigenvalue weighted by atomic mass is 10.2. The zero-order valence-electron chi connectivity index (χ0n) is 14.9. The largest absolute Gasteiger partial charge is 0.495 e. The van der Waals surface area contributed by atoms with Gasteiger partial charge in [0.05, 0.1) is 18.6 Å². The van der Waals surface area contributed by atoms with Crippen LogP contribution in [0.4, 0.5) is 10.1 Å². The molecule has 1 heterocycles. The highest BCUT2D eigenvalue weighted by molar-refractivity contribution is 7.99. The molecule has 4 nitrogen and oxygen atoms in total. The quantitative estimate of drug-likeness (QED) is 0.776. The van der Waals surface area contributed by atoms with E-state index in [1.54, 1.807) is 31.0 Å². The molecule has 1 amide bonds. The topological polar surface area (TPSA) is 32.8 Å². The monoisotopic (exact) mass is 374 g/mol. The number of methoxy groups -OCH3 is 1. The van der Waals surface area contributed by atoms with Crippen molar-refractivity contribution in [2.45, 2.75) is 5.75 Å². The highest BCUT2D eigenvalue weighted by atomic mass is 32.2. The van der Waals surface area contributed by atoms with Gasteiger partial charge in [0.15, 0.2) is 0 Å². The van der Waals surface area contributed by atoms with E-state index in [4.69, 9.17) is 4.74 Å². The number of carbonyl (C=O) groups excluding carboxylic acids is 1. The van der Waals surface area contributed by atoms with E-state index in [9.17, 15) is 9.18 Å². The van der Waals surface area contributed by atoms with Crippen LogP contribution in [0, 0.1) is 5.82 Å². The SMILES string of the molecule is COc1ccccc1N1CCN(C(=O)CSCc2ccc(F)cc2)CC1. The van der Waals surface area contributed by atoms with E-state index in [2.05, 4.69) is 11.0 Å². The molecule has 1 aliphatic rings. The minimum atomic E-state index is -0.234. The first kappa shape index (κ1) is 18.6. The van der Waals surface area contributed by atoms with Gasteiger partial charge in [-0.3, -0.25) is 4.79 Å². The normalized spacial score (nSPS) is 14.4. The van der Waals surface area contributed by atoms with Crippen LogP contribution in [0.1, 0.15) is 5.56 Å². The molecule has 0 atom stereocenters. The third-order valence-corrected chi connectivity index (χ3v) is 5.45. The molecule has 6 heteroatoms. The number of ether oxygens (including phenoxy) is 1. The molecule has 138 valence electrons. The van der Waals surface area contributed by atoms with Crippen molar-refractivity contribution in [2.75, 3.05) is 43.9 Å². The Hall–Kier alpha value is -2.21. The summed E-state index contributed by atoms with van der Waals surface area (Å²) in [6.45, 7) is 3.03. The van der Waals surface area contributed by atoms with Crippen LogP contribution >= 0.6 is 11.8 Å². The number of nitrogens with zero attached hydrogens (tertiary/aromatic N) is 2. The molecule has 0 unspecified atom stereocenters. The number of halogens is 1. The van der Waals surface area contributed by atoms with Crippen LogP contribution in [0.2, 0.25) is 0 Å². The molecule has 0 spiro atoms. The second-order valence-corrected chi connectivity index (χ2v) is 7.14. The maximum absolute atomic E-state index is 12.9. The zero-order chi connectivity index (χ0) is 18.4. The first-order valence-corrected chi connectivity index (χ1v) is 9.81. The number of piperazine rings is 1. The van der Waals surface area contributed by atoms with Gasteiger partial charge in [-0.25, -0.2) is 4.39 Å². The van der Waals surface area contributed by atoms with Gasteiger partial charge in [-0.1, -0.05) is 24.3 Å². The molecular weight excluding hydrogens is 351 g/mol. The highest BCUT2D eigenvalue weighted by Crippen LogP contribution is 2.28. The van der Waals surface area contributed by atoms with Crippen molar-refractivity contribution in [2.24, 2.45) is 0 Å². The number of hydrogen-bond donors (Lipinski definition) is 0. The molecule has 2 aromatic rings. The molecule has 1 saturated heterocycles. The van der Waals surface area contributed by atoms with E-state index < -0.39 is 0 Å². The van der Waals surface area contributed by atoms with Gasteiger partial charge in [0.2, 0.25) is 5.91 Å². The summed E-state index contributed by atoms with van der Waals surface area (Å²) in [4.78, 5) is 16.6. The predicted octanol–water partition coefficient (Wildman–Crippen LogP) is 3.42. The fraction of sp³-hybridized carbons (Fsp3) is 0.350. The number of carbonyl (C=O) groups is 1. The van der Waals surface area contributed by atoms with Crippen molar-refractivity contribution >= 4 is 23.4 Å². The van der Waals surface area contributed by atoms with Gasteiger partial charge in [-0.2, -0.15) is 0 Å². The van der Waals surface area contributed by atoms with E-state index in [1.165, 1.54) is 12.1 Å². The van der Waals surface area contributed by atoms with Gasteiger partial charge in [-0.05, 0) is 29.8 Å². The van der Waals surface area contributed by atoms with Crippen molar-refractivity contribution < 1.29 is 13.9 Å². The smallest absolute Gasteiger partial charge is 0.232 e. The predicted molar refractivity (Wildman–Crippen MR) is 104 cm³/mol. The lowest BCUT2D eigenvalue weighted by Gasteiger charge is -2.36. The van der Waals surface area contributed by atoms with E-state index >= 15 is 0 Å². The summed E-state index contributed by atoms with van der Waals surface area (Å²) < 4.78 is 18.3. The molecule has 0 bridgehead atoms. The van der Waals surface area contributed by atoms with Crippen LogP contribution in [-0.4, -0.2) is 49.8 Å². The third-order valence-electron chi connectivity index (χ3n) is 4.47. The van der Waals surface area contributed by atoms with Gasteiger partial charge >= 0.3 is 0 Å². The summed E-state index contributed by atoms with van der Waals surface area (Å²) >= 11 is 1.57. The minimum absolute atomic E-state index is 0.164. The molecule has 3 rings (SSSR count). The Labute approximate surface area is 157 Å². The summed E-state index contributed by atoms with van der Waals surface area (Å²) in [6.07, 6.45) is 0. The standard InChI is InChI=1S/C20H23FN2O2S/c1-25-19-5-3-2-4-18(19)22-10-12-23(13-11-22)20(24)15-26-14-16-6-8-17(21)9-7-16/h2-9H,10-15H2,1H3. The number of hydrogen-bond acceptors (Lipinski definition) is 4. The lowest BCUT2D eigenvalue weighted by Crippen LogP contribution is -2.49. The van der Waals surface area contributed by atoms with Gasteiger partial charge in [0.25, 0.3) is 0 Å². The van der Waals surface area contributed by atoms with Gasteiger partial charge in [0.1, 0.15) is 11.6 Å². The Bertz CT molecular complexity index is 731. The van der Waals surface area contributed by atoms with E-state index in [0.29, 0.717) is 24.6 Å². The average molecular weight is 374 g/mol. The molecule has 0 aromatic heterocycles. The molecule has 0 radical (unpaired) electrons. The number of benzene rings is 2. The number of anilines is 1.